The lowest BCUT2D eigenvalue weighted by molar-refractivity contribution is 0.245. The molecule has 3 fully saturated rings. The van der Waals surface area contributed by atoms with Crippen LogP contribution < -0.4 is 17.1 Å². The van der Waals surface area contributed by atoms with Gasteiger partial charge in [0.25, 0.3) is 37.1 Å². The van der Waals surface area contributed by atoms with Crippen LogP contribution in [0.5, 0.6) is 0 Å². The Labute approximate surface area is 361 Å². The van der Waals surface area contributed by atoms with Crippen molar-refractivity contribution in [2.75, 3.05) is 0 Å². The molecule has 0 amide bonds. The first-order valence-electron chi connectivity index (χ1n) is 20.9. The molecule has 3 aliphatic heterocycles. The Kier molecular flexibility index (Phi) is 17.4. The molecule has 3 saturated heterocycles. The molecule has 0 N–H and O–H groups in total. The molecule has 0 bridgehead atoms. The second-order valence-electron chi connectivity index (χ2n) is 18.6. The molecule has 58 heavy (non-hydrogen) atoms. The van der Waals surface area contributed by atoms with Gasteiger partial charge in [-0.05, 0) is 148 Å². The normalized spacial score (nSPS) is 35.5. The molecule has 0 radical (unpaired) electrons. The van der Waals surface area contributed by atoms with E-state index in [0.29, 0.717) is 31.4 Å². The SMILES string of the molecule is C[SiH]1O[SiH](C)O[Si](C)(CCCn2c(=O)n(CCC[Si]3(C)O[SiH](C)O[SiH](C)O[Si](C)(C)O3)c(=O)n(CCC[Si]3(C)O[Si](C)(C)O[SiH](C)O[Si](C)(C)O3)c2=O)C[Si](C)(C)O1. The number of rotatable bonds is 12. The maximum atomic E-state index is 14.2. The standard InChI is InChI=1S/C29H73N3O14Si12/c1-47-36-49(3)42-56(14,26-52(6,7)38-47)23-17-20-30-27(33)31(21-18-24-57(15)43-50(4)37-48(2)39-53(8,9)44-57)29(35)32(28(30)34)22-19-25-58(16)45-54(10,11)40-51(5)41-55(12,13)46-58/h47-51H,17-26H2,1-16H3. The van der Waals surface area contributed by atoms with Gasteiger partial charge < -0.3 is 45.3 Å². The van der Waals surface area contributed by atoms with Gasteiger partial charge >= 0.3 is 69.2 Å². The summed E-state index contributed by atoms with van der Waals surface area (Å²) < 4.78 is 74.9. The van der Waals surface area contributed by atoms with Crippen molar-refractivity contribution in [2.45, 2.75) is 167 Å². The van der Waals surface area contributed by atoms with Crippen LogP contribution in [0, 0.1) is 0 Å². The quantitative estimate of drug-likeness (QED) is 0.280. The summed E-state index contributed by atoms with van der Waals surface area (Å²) in [6.07, 6.45) is 1.45. The molecule has 0 aliphatic carbocycles. The number of aromatic nitrogens is 3. The predicted octanol–water partition coefficient (Wildman–Crippen LogP) is 3.39. The number of hydrogen-bond acceptors (Lipinski definition) is 14. The highest BCUT2D eigenvalue weighted by molar-refractivity contribution is 6.95. The summed E-state index contributed by atoms with van der Waals surface area (Å²) >= 11 is 0. The topological polar surface area (TPSA) is 168 Å². The van der Waals surface area contributed by atoms with E-state index >= 15 is 0 Å². The van der Waals surface area contributed by atoms with E-state index in [-0.39, 0.29) is 19.6 Å². The van der Waals surface area contributed by atoms with Gasteiger partial charge in [0.1, 0.15) is 0 Å². The number of nitrogens with zero attached hydrogens (tertiary/aromatic N) is 3. The van der Waals surface area contributed by atoms with E-state index in [2.05, 4.69) is 32.7 Å². The summed E-state index contributed by atoms with van der Waals surface area (Å²) in [4.78, 5) is 42.7. The average Bonchev–Trinajstić information content (AvgIpc) is 2.97. The van der Waals surface area contributed by atoms with E-state index < -0.39 is 123 Å². The summed E-state index contributed by atoms with van der Waals surface area (Å²) in [5.41, 5.74) is -0.896. The van der Waals surface area contributed by atoms with Crippen molar-refractivity contribution in [1.29, 1.82) is 0 Å². The van der Waals surface area contributed by atoms with Crippen molar-refractivity contribution in [1.82, 2.24) is 13.7 Å². The Hall–Kier alpha value is 0.573. The van der Waals surface area contributed by atoms with Gasteiger partial charge in [-0.2, -0.15) is 0 Å². The fourth-order valence-corrected chi connectivity index (χ4v) is 66.4. The van der Waals surface area contributed by atoms with Gasteiger partial charge in [-0.25, -0.2) is 28.1 Å². The molecule has 0 spiro atoms. The van der Waals surface area contributed by atoms with Crippen molar-refractivity contribution < 1.29 is 45.3 Å². The van der Waals surface area contributed by atoms with E-state index in [1.165, 1.54) is 13.7 Å². The summed E-state index contributed by atoms with van der Waals surface area (Å²) in [6.45, 7) is 33.3. The molecule has 1 aromatic rings. The van der Waals surface area contributed by atoms with Crippen LogP contribution in [0.25, 0.3) is 0 Å². The zero-order valence-electron chi connectivity index (χ0n) is 38.0. The van der Waals surface area contributed by atoms with Gasteiger partial charge in [-0.3, -0.25) is 0 Å². The Balaban J connectivity index is 1.62. The smallest absolute Gasteiger partial charge is 0.336 e. The van der Waals surface area contributed by atoms with Crippen LogP contribution in [0.3, 0.4) is 0 Å². The fourth-order valence-electron chi connectivity index (χ4n) is 9.08. The zero-order chi connectivity index (χ0) is 43.7. The molecule has 6 atom stereocenters. The lowest BCUT2D eigenvalue weighted by Gasteiger charge is -2.44. The number of hydrogen-bond donors (Lipinski definition) is 0. The molecule has 3 aliphatic rings. The van der Waals surface area contributed by atoms with Gasteiger partial charge in [-0.15, -0.1) is 0 Å². The minimum Gasteiger partial charge on any atom is -0.439 e. The molecule has 17 nitrogen and oxygen atoms in total. The lowest BCUT2D eigenvalue weighted by atomic mass is 10.4. The molecule has 4 rings (SSSR count). The van der Waals surface area contributed by atoms with Crippen molar-refractivity contribution in [2.24, 2.45) is 0 Å². The molecular weight excluding hydrogens is 951 g/mol. The average molecular weight is 1020 g/mol. The summed E-state index contributed by atoms with van der Waals surface area (Å²) in [5.74, 6) is 0. The Bertz CT molecular complexity index is 1640. The van der Waals surface area contributed by atoms with Crippen LogP contribution >= 0.6 is 0 Å². The molecule has 336 valence electrons. The molecule has 6 unspecified atom stereocenters. The Morgan fingerprint density at radius 1 is 0.448 bits per heavy atom. The van der Waals surface area contributed by atoms with Crippen LogP contribution in [-0.4, -0.2) is 120 Å². The third-order valence-corrected chi connectivity index (χ3v) is 59.3. The first-order valence-corrected chi connectivity index (χ1v) is 50.8. The highest BCUT2D eigenvalue weighted by Gasteiger charge is 2.49. The Morgan fingerprint density at radius 3 is 1.26 bits per heavy atom. The fraction of sp³-hybridized carbons (Fsp3) is 0.897. The van der Waals surface area contributed by atoms with Gasteiger partial charge in [0, 0.05) is 19.6 Å². The third-order valence-electron chi connectivity index (χ3n) is 10.1. The molecule has 4 heterocycles. The van der Waals surface area contributed by atoms with Crippen molar-refractivity contribution >= 4 is 106 Å². The minimum absolute atomic E-state index is 0.109. The van der Waals surface area contributed by atoms with Crippen molar-refractivity contribution in [3.8, 4) is 0 Å². The van der Waals surface area contributed by atoms with E-state index in [9.17, 15) is 14.4 Å². The van der Waals surface area contributed by atoms with E-state index in [1.807, 2.05) is 72.0 Å². The third kappa shape index (κ3) is 15.1. The largest absolute Gasteiger partial charge is 0.439 e. The molecule has 29 heteroatoms. The van der Waals surface area contributed by atoms with Gasteiger partial charge in [0.15, 0.2) is 16.6 Å². The maximum Gasteiger partial charge on any atom is 0.336 e. The predicted molar refractivity (Wildman–Crippen MR) is 254 cm³/mol. The van der Waals surface area contributed by atoms with Gasteiger partial charge in [0.2, 0.25) is 0 Å². The lowest BCUT2D eigenvalue weighted by Crippen LogP contribution is -2.61. The van der Waals surface area contributed by atoms with E-state index in [4.69, 9.17) is 45.3 Å². The summed E-state index contributed by atoms with van der Waals surface area (Å²) in [6, 6.07) is 1.80. The van der Waals surface area contributed by atoms with Crippen LogP contribution in [0.1, 0.15) is 19.3 Å². The summed E-state index contributed by atoms with van der Waals surface area (Å²) in [5, 5.41) is 0. The van der Waals surface area contributed by atoms with E-state index in [0.717, 1.165) is 11.7 Å². The zero-order valence-corrected chi connectivity index (χ0v) is 50.8. The molecule has 1 aromatic heterocycles. The van der Waals surface area contributed by atoms with Crippen molar-refractivity contribution in [3.63, 3.8) is 0 Å². The molecule has 0 saturated carbocycles. The first-order chi connectivity index (χ1) is 26.4. The van der Waals surface area contributed by atoms with Crippen LogP contribution in [0.2, 0.25) is 129 Å². The van der Waals surface area contributed by atoms with Gasteiger partial charge in [-0.1, -0.05) is 0 Å². The molecular formula is C29H73N3O14Si12. The Morgan fingerprint density at radius 2 is 0.793 bits per heavy atom. The highest BCUT2D eigenvalue weighted by atomic mass is 28.5. The first kappa shape index (κ1) is 51.2. The van der Waals surface area contributed by atoms with E-state index in [1.54, 1.807) is 0 Å². The minimum atomic E-state index is -2.86. The second kappa shape index (κ2) is 19.8. The van der Waals surface area contributed by atoms with Crippen molar-refractivity contribution in [3.05, 3.63) is 31.5 Å². The van der Waals surface area contributed by atoms with Crippen LogP contribution in [-0.2, 0) is 64.9 Å². The highest BCUT2D eigenvalue weighted by Crippen LogP contribution is 2.32. The monoisotopic (exact) mass is 1020 g/mol. The van der Waals surface area contributed by atoms with Crippen LogP contribution in [0.4, 0.5) is 0 Å². The van der Waals surface area contributed by atoms with Gasteiger partial charge in [0.05, 0.1) is 0 Å². The maximum absolute atomic E-state index is 14.2. The second-order valence-corrected chi connectivity index (χ2v) is 56.8. The molecule has 0 aromatic carbocycles. The van der Waals surface area contributed by atoms with Crippen LogP contribution in [0.15, 0.2) is 14.4 Å². The summed E-state index contributed by atoms with van der Waals surface area (Å²) in [7, 11) is -27.0.